The Balaban J connectivity index is 4.32. The fourth-order valence-corrected chi connectivity index (χ4v) is 1.47. The molecule has 0 bridgehead atoms. The summed E-state index contributed by atoms with van der Waals surface area (Å²) >= 11 is 5.55. The first-order chi connectivity index (χ1) is 6.87. The molecule has 0 atom stereocenters. The first-order valence-electron chi connectivity index (χ1n) is 5.17. The first-order valence-corrected chi connectivity index (χ1v) is 9.20. The fraction of sp³-hybridized carbons (Fsp3) is 0.583. The molecule has 0 rings (SSSR count). The summed E-state index contributed by atoms with van der Waals surface area (Å²) in [5.74, 6) is 3.31. The lowest BCUT2D eigenvalue weighted by molar-refractivity contribution is -0.110. The summed E-state index contributed by atoms with van der Waals surface area (Å²) in [6.45, 7) is 8.19. The lowest BCUT2D eigenvalue weighted by Gasteiger charge is -2.02. The van der Waals surface area contributed by atoms with Crippen LogP contribution in [0.15, 0.2) is 11.6 Å². The van der Waals surface area contributed by atoms with Crippen LogP contribution in [0.1, 0.15) is 19.8 Å². The SMILES string of the molecule is C/C(=C\CCCCl)C(=O)C#C[Si](C)(C)C. The van der Waals surface area contributed by atoms with Crippen molar-refractivity contribution >= 4 is 25.5 Å². The molecule has 0 aromatic carbocycles. The molecular formula is C12H19ClOSi. The summed E-state index contributed by atoms with van der Waals surface area (Å²) in [5.41, 5.74) is 3.81. The highest BCUT2D eigenvalue weighted by molar-refractivity contribution is 6.84. The molecule has 0 unspecified atom stereocenters. The quantitative estimate of drug-likeness (QED) is 0.243. The zero-order chi connectivity index (χ0) is 11.9. The van der Waals surface area contributed by atoms with Crippen LogP contribution in [-0.2, 0) is 4.79 Å². The first kappa shape index (κ1) is 14.5. The van der Waals surface area contributed by atoms with Crippen LogP contribution in [0.4, 0.5) is 0 Å². The van der Waals surface area contributed by atoms with Gasteiger partial charge in [0.15, 0.2) is 0 Å². The second-order valence-corrected chi connectivity index (χ2v) is 9.68. The van der Waals surface area contributed by atoms with Crippen molar-refractivity contribution in [3.8, 4) is 11.5 Å². The van der Waals surface area contributed by atoms with Crippen LogP contribution < -0.4 is 0 Å². The van der Waals surface area contributed by atoms with Crippen molar-refractivity contribution in [1.82, 2.24) is 0 Å². The largest absolute Gasteiger partial charge is 0.280 e. The Hall–Kier alpha value is -0.523. The van der Waals surface area contributed by atoms with Crippen LogP contribution in [0.25, 0.3) is 0 Å². The zero-order valence-corrected chi connectivity index (χ0v) is 11.7. The van der Waals surface area contributed by atoms with E-state index in [4.69, 9.17) is 11.6 Å². The third-order valence-corrected chi connectivity index (χ3v) is 2.84. The van der Waals surface area contributed by atoms with Gasteiger partial charge in [0.2, 0.25) is 5.78 Å². The molecule has 0 fully saturated rings. The van der Waals surface area contributed by atoms with Crippen molar-refractivity contribution in [2.24, 2.45) is 0 Å². The predicted octanol–water partition coefficient (Wildman–Crippen LogP) is 3.40. The monoisotopic (exact) mass is 242 g/mol. The lowest BCUT2D eigenvalue weighted by atomic mass is 10.1. The zero-order valence-electron chi connectivity index (χ0n) is 9.98. The molecule has 0 aliphatic rings. The average molecular weight is 243 g/mol. The van der Waals surface area contributed by atoms with Crippen LogP contribution in [0, 0.1) is 11.5 Å². The maximum Gasteiger partial charge on any atom is 0.230 e. The summed E-state index contributed by atoms with van der Waals surface area (Å²) in [6, 6.07) is 0. The molecular weight excluding hydrogens is 224 g/mol. The summed E-state index contributed by atoms with van der Waals surface area (Å²) < 4.78 is 0. The number of carbonyl (C=O) groups is 1. The minimum absolute atomic E-state index is 0.0491. The Morgan fingerprint density at radius 1 is 1.40 bits per heavy atom. The molecule has 0 N–H and O–H groups in total. The van der Waals surface area contributed by atoms with E-state index in [9.17, 15) is 4.79 Å². The van der Waals surface area contributed by atoms with E-state index < -0.39 is 8.07 Å². The van der Waals surface area contributed by atoms with Gasteiger partial charge in [0.05, 0.1) is 0 Å². The maximum absolute atomic E-state index is 11.5. The van der Waals surface area contributed by atoms with Gasteiger partial charge in [-0.15, -0.1) is 17.1 Å². The van der Waals surface area contributed by atoms with E-state index in [0.717, 1.165) is 18.4 Å². The van der Waals surface area contributed by atoms with Crippen molar-refractivity contribution < 1.29 is 4.79 Å². The molecule has 0 aliphatic carbocycles. The number of alkyl halides is 1. The molecule has 15 heavy (non-hydrogen) atoms. The summed E-state index contributed by atoms with van der Waals surface area (Å²) in [4.78, 5) is 11.5. The van der Waals surface area contributed by atoms with Gasteiger partial charge >= 0.3 is 0 Å². The molecule has 0 spiro atoms. The number of halogens is 1. The molecule has 0 aromatic heterocycles. The topological polar surface area (TPSA) is 17.1 Å². The molecule has 0 aliphatic heterocycles. The number of rotatable bonds is 4. The highest BCUT2D eigenvalue weighted by atomic mass is 35.5. The van der Waals surface area contributed by atoms with E-state index in [0.29, 0.717) is 5.88 Å². The minimum atomic E-state index is -1.43. The van der Waals surface area contributed by atoms with Gasteiger partial charge in [-0.3, -0.25) is 4.79 Å². The van der Waals surface area contributed by atoms with E-state index in [1.54, 1.807) is 0 Å². The number of Topliss-reactive ketones (excluding diaryl/α,β-unsaturated/α-hetero) is 1. The van der Waals surface area contributed by atoms with Crippen LogP contribution in [0.2, 0.25) is 19.6 Å². The number of allylic oxidation sites excluding steroid dienone is 2. The predicted molar refractivity (Wildman–Crippen MR) is 69.8 cm³/mol. The Morgan fingerprint density at radius 3 is 2.47 bits per heavy atom. The van der Waals surface area contributed by atoms with E-state index in [1.807, 2.05) is 13.0 Å². The van der Waals surface area contributed by atoms with E-state index >= 15 is 0 Å². The summed E-state index contributed by atoms with van der Waals surface area (Å²) in [5, 5.41) is 0. The average Bonchev–Trinajstić information content (AvgIpc) is 2.13. The second kappa shape index (κ2) is 6.87. The van der Waals surface area contributed by atoms with Gasteiger partial charge < -0.3 is 0 Å². The number of unbranched alkanes of at least 4 members (excludes halogenated alkanes) is 1. The number of ketones is 1. The van der Waals surface area contributed by atoms with Crippen molar-refractivity contribution in [3.63, 3.8) is 0 Å². The molecule has 0 saturated carbocycles. The molecule has 0 radical (unpaired) electrons. The van der Waals surface area contributed by atoms with Crippen molar-refractivity contribution in [2.75, 3.05) is 5.88 Å². The van der Waals surface area contributed by atoms with E-state index in [1.165, 1.54) is 0 Å². The van der Waals surface area contributed by atoms with Crippen molar-refractivity contribution in [2.45, 2.75) is 39.4 Å². The highest BCUT2D eigenvalue weighted by Crippen LogP contribution is 2.02. The van der Waals surface area contributed by atoms with Crippen molar-refractivity contribution in [1.29, 1.82) is 0 Å². The molecule has 84 valence electrons. The van der Waals surface area contributed by atoms with Crippen LogP contribution in [0.5, 0.6) is 0 Å². The van der Waals surface area contributed by atoms with E-state index in [-0.39, 0.29) is 5.78 Å². The van der Waals surface area contributed by atoms with Crippen molar-refractivity contribution in [3.05, 3.63) is 11.6 Å². The van der Waals surface area contributed by atoms with Gasteiger partial charge in [-0.05, 0) is 25.7 Å². The second-order valence-electron chi connectivity index (χ2n) is 4.55. The number of hydrogen-bond acceptors (Lipinski definition) is 1. The molecule has 0 amide bonds. The summed E-state index contributed by atoms with van der Waals surface area (Å²) in [6.07, 6.45) is 3.69. The standard InChI is InChI=1S/C12H19ClOSi/c1-11(7-5-6-9-13)12(14)8-10-15(2,3)4/h7H,5-6,9H2,1-4H3/b11-7+. The Kier molecular flexibility index (Phi) is 6.63. The third-order valence-electron chi connectivity index (χ3n) is 1.70. The normalized spacial score (nSPS) is 11.9. The smallest absolute Gasteiger partial charge is 0.230 e. The summed E-state index contributed by atoms with van der Waals surface area (Å²) in [7, 11) is -1.43. The van der Waals surface area contributed by atoms with Gasteiger partial charge in [-0.2, -0.15) is 0 Å². The molecule has 0 heterocycles. The number of carbonyl (C=O) groups excluding carboxylic acids is 1. The molecule has 0 saturated heterocycles. The van der Waals surface area contributed by atoms with Gasteiger partial charge in [0.25, 0.3) is 0 Å². The lowest BCUT2D eigenvalue weighted by Crippen LogP contribution is -2.17. The highest BCUT2D eigenvalue weighted by Gasteiger charge is 2.08. The van der Waals surface area contributed by atoms with Gasteiger partial charge in [0.1, 0.15) is 8.07 Å². The van der Waals surface area contributed by atoms with Crippen LogP contribution in [0.3, 0.4) is 0 Å². The number of hydrogen-bond donors (Lipinski definition) is 0. The molecule has 0 aromatic rings. The molecule has 1 nitrogen and oxygen atoms in total. The van der Waals surface area contributed by atoms with Crippen LogP contribution in [-0.4, -0.2) is 19.7 Å². The van der Waals surface area contributed by atoms with Gasteiger partial charge in [0, 0.05) is 11.5 Å². The Labute approximate surface area is 98.9 Å². The molecule has 3 heteroatoms. The Morgan fingerprint density at radius 2 is 2.00 bits per heavy atom. The third kappa shape index (κ3) is 8.47. The fourth-order valence-electron chi connectivity index (χ4n) is 0.831. The van der Waals surface area contributed by atoms with Gasteiger partial charge in [-0.25, -0.2) is 0 Å². The Bertz CT molecular complexity index is 302. The maximum atomic E-state index is 11.5. The minimum Gasteiger partial charge on any atom is -0.280 e. The van der Waals surface area contributed by atoms with Crippen LogP contribution >= 0.6 is 11.6 Å². The van der Waals surface area contributed by atoms with E-state index in [2.05, 4.69) is 31.1 Å². The van der Waals surface area contributed by atoms with Gasteiger partial charge in [-0.1, -0.05) is 25.7 Å².